The van der Waals surface area contributed by atoms with E-state index in [1.54, 1.807) is 41.9 Å². The number of nitrogens with zero attached hydrogens (tertiary/aromatic N) is 2. The summed E-state index contributed by atoms with van der Waals surface area (Å²) in [7, 11) is 0. The molecule has 0 spiro atoms. The predicted molar refractivity (Wildman–Crippen MR) is 81.0 cm³/mol. The Kier molecular flexibility index (Phi) is 3.29. The van der Waals surface area contributed by atoms with Crippen LogP contribution in [0.3, 0.4) is 0 Å². The average Bonchev–Trinajstić information content (AvgIpc) is 3.02. The zero-order valence-corrected chi connectivity index (χ0v) is 11.7. The van der Waals surface area contributed by atoms with Gasteiger partial charge in [-0.05, 0) is 35.5 Å². The molecular formula is C13H9N3O2S2. The van der Waals surface area contributed by atoms with E-state index in [4.69, 9.17) is 5.41 Å². The number of hydrogen-bond acceptors (Lipinski definition) is 6. The van der Waals surface area contributed by atoms with Crippen LogP contribution in [0.1, 0.15) is 5.56 Å². The molecular weight excluding hydrogens is 294 g/mol. The number of carbonyl (C=O) groups is 1. The second-order valence-corrected chi connectivity index (χ2v) is 5.87. The highest BCUT2D eigenvalue weighted by Gasteiger charge is 2.34. The molecule has 0 aliphatic carbocycles. The number of phenols is 1. The standard InChI is InChI=1S/C13H9N3O2S2/c14-12-16(13-15-5-6-19-13)11(18)10(20-12)7-8-1-3-9(17)4-2-8/h1-7,14,17H/b10-7-,14-12?. The molecule has 20 heavy (non-hydrogen) atoms. The summed E-state index contributed by atoms with van der Waals surface area (Å²) in [6.45, 7) is 0. The van der Waals surface area contributed by atoms with E-state index in [0.717, 1.165) is 17.3 Å². The van der Waals surface area contributed by atoms with Crippen LogP contribution in [0.4, 0.5) is 5.13 Å². The van der Waals surface area contributed by atoms with E-state index in [9.17, 15) is 9.90 Å². The maximum atomic E-state index is 12.3. The minimum Gasteiger partial charge on any atom is -0.508 e. The van der Waals surface area contributed by atoms with Gasteiger partial charge in [0.05, 0.1) is 4.91 Å². The lowest BCUT2D eigenvalue weighted by atomic mass is 10.2. The van der Waals surface area contributed by atoms with E-state index >= 15 is 0 Å². The van der Waals surface area contributed by atoms with Crippen LogP contribution in [-0.4, -0.2) is 21.2 Å². The fraction of sp³-hybridized carbons (Fsp3) is 0. The Morgan fingerprint density at radius 2 is 2.05 bits per heavy atom. The molecule has 2 aromatic rings. The van der Waals surface area contributed by atoms with Crippen LogP contribution in [0.5, 0.6) is 5.75 Å². The second-order valence-electron chi connectivity index (χ2n) is 3.96. The fourth-order valence-corrected chi connectivity index (χ4v) is 3.25. The van der Waals surface area contributed by atoms with Crippen molar-refractivity contribution < 1.29 is 9.90 Å². The summed E-state index contributed by atoms with van der Waals surface area (Å²) in [4.78, 5) is 18.1. The number of aromatic nitrogens is 1. The summed E-state index contributed by atoms with van der Waals surface area (Å²) >= 11 is 2.42. The van der Waals surface area contributed by atoms with Crippen LogP contribution in [0.15, 0.2) is 40.7 Å². The average molecular weight is 303 g/mol. The van der Waals surface area contributed by atoms with Crippen LogP contribution >= 0.6 is 23.1 Å². The van der Waals surface area contributed by atoms with E-state index < -0.39 is 0 Å². The lowest BCUT2D eigenvalue weighted by Crippen LogP contribution is -2.27. The number of carbonyl (C=O) groups excluding carboxylic acids is 1. The lowest BCUT2D eigenvalue weighted by Gasteiger charge is -2.08. The Morgan fingerprint density at radius 1 is 1.30 bits per heavy atom. The third-order valence-corrected chi connectivity index (χ3v) is 4.27. The summed E-state index contributed by atoms with van der Waals surface area (Å²) in [5, 5.41) is 19.5. The molecule has 1 amide bonds. The normalized spacial score (nSPS) is 17.2. The first-order valence-electron chi connectivity index (χ1n) is 5.66. The van der Waals surface area contributed by atoms with E-state index in [1.165, 1.54) is 16.2 Å². The zero-order chi connectivity index (χ0) is 14.1. The van der Waals surface area contributed by atoms with Gasteiger partial charge in [0.2, 0.25) is 0 Å². The summed E-state index contributed by atoms with van der Waals surface area (Å²) in [5.41, 5.74) is 0.799. The van der Waals surface area contributed by atoms with Crippen LogP contribution in [0, 0.1) is 5.41 Å². The number of anilines is 1. The van der Waals surface area contributed by atoms with Crippen molar-refractivity contribution >= 4 is 45.4 Å². The Balaban J connectivity index is 1.91. The van der Waals surface area contributed by atoms with Gasteiger partial charge in [0, 0.05) is 11.6 Å². The lowest BCUT2D eigenvalue weighted by molar-refractivity contribution is -0.113. The maximum Gasteiger partial charge on any atom is 0.273 e. The zero-order valence-electron chi connectivity index (χ0n) is 10.1. The fourth-order valence-electron chi connectivity index (χ4n) is 1.71. The van der Waals surface area contributed by atoms with Crippen LogP contribution < -0.4 is 4.90 Å². The molecule has 0 radical (unpaired) electrons. The maximum absolute atomic E-state index is 12.3. The summed E-state index contributed by atoms with van der Waals surface area (Å²) in [6.07, 6.45) is 3.31. The third kappa shape index (κ3) is 2.33. The molecule has 0 atom stereocenters. The number of benzene rings is 1. The van der Waals surface area contributed by atoms with Gasteiger partial charge in [0.1, 0.15) is 5.75 Å². The smallest absolute Gasteiger partial charge is 0.273 e. The molecule has 1 aliphatic rings. The van der Waals surface area contributed by atoms with Gasteiger partial charge in [-0.3, -0.25) is 10.2 Å². The van der Waals surface area contributed by atoms with Crippen molar-refractivity contribution in [2.75, 3.05) is 4.90 Å². The van der Waals surface area contributed by atoms with Crippen molar-refractivity contribution in [1.82, 2.24) is 4.98 Å². The number of amides is 1. The van der Waals surface area contributed by atoms with Gasteiger partial charge in [-0.25, -0.2) is 9.88 Å². The number of rotatable bonds is 2. The minimum absolute atomic E-state index is 0.148. The molecule has 100 valence electrons. The van der Waals surface area contributed by atoms with Crippen molar-refractivity contribution in [3.8, 4) is 5.75 Å². The molecule has 1 aromatic carbocycles. The molecule has 1 aromatic heterocycles. The quantitative estimate of drug-likeness (QED) is 0.836. The van der Waals surface area contributed by atoms with Gasteiger partial charge in [-0.15, -0.1) is 11.3 Å². The molecule has 2 heterocycles. The number of thiazole rings is 1. The summed E-state index contributed by atoms with van der Waals surface area (Å²) in [5.74, 6) is -0.0715. The van der Waals surface area contributed by atoms with Crippen molar-refractivity contribution in [3.05, 3.63) is 46.3 Å². The van der Waals surface area contributed by atoms with Crippen molar-refractivity contribution in [3.63, 3.8) is 0 Å². The van der Waals surface area contributed by atoms with Gasteiger partial charge in [-0.1, -0.05) is 12.1 Å². The van der Waals surface area contributed by atoms with Gasteiger partial charge in [0.15, 0.2) is 10.3 Å². The topological polar surface area (TPSA) is 77.3 Å². The number of phenolic OH excluding ortho intramolecular Hbond substituents is 1. The van der Waals surface area contributed by atoms with Gasteiger partial charge in [0.25, 0.3) is 5.91 Å². The van der Waals surface area contributed by atoms with Crippen molar-refractivity contribution in [1.29, 1.82) is 5.41 Å². The number of amidine groups is 1. The van der Waals surface area contributed by atoms with E-state index in [-0.39, 0.29) is 16.8 Å². The van der Waals surface area contributed by atoms with E-state index in [1.807, 2.05) is 0 Å². The number of aromatic hydroxyl groups is 1. The molecule has 0 unspecified atom stereocenters. The molecule has 1 saturated heterocycles. The number of hydrogen-bond donors (Lipinski definition) is 2. The Hall–Kier alpha value is -2.12. The molecule has 5 nitrogen and oxygen atoms in total. The van der Waals surface area contributed by atoms with Crippen molar-refractivity contribution in [2.24, 2.45) is 0 Å². The SMILES string of the molecule is N=C1S/C(=C\c2ccc(O)cc2)C(=O)N1c1nccs1. The summed E-state index contributed by atoms with van der Waals surface area (Å²) < 4.78 is 0. The molecule has 1 fully saturated rings. The second kappa shape index (κ2) is 5.10. The highest BCUT2D eigenvalue weighted by atomic mass is 32.2. The third-order valence-electron chi connectivity index (χ3n) is 2.63. The molecule has 0 bridgehead atoms. The highest BCUT2D eigenvalue weighted by molar-refractivity contribution is 8.19. The first-order chi connectivity index (χ1) is 9.65. The number of thioether (sulfide) groups is 1. The largest absolute Gasteiger partial charge is 0.508 e. The summed E-state index contributed by atoms with van der Waals surface area (Å²) in [6, 6.07) is 6.54. The molecule has 1 aliphatic heterocycles. The Labute approximate surface area is 123 Å². The van der Waals surface area contributed by atoms with Crippen LogP contribution in [-0.2, 0) is 4.79 Å². The molecule has 0 saturated carbocycles. The Morgan fingerprint density at radius 3 is 2.70 bits per heavy atom. The number of nitrogens with one attached hydrogen (secondary N) is 1. The van der Waals surface area contributed by atoms with Crippen molar-refractivity contribution in [2.45, 2.75) is 0 Å². The first kappa shape index (κ1) is 12.9. The van der Waals surface area contributed by atoms with E-state index in [2.05, 4.69) is 4.98 Å². The van der Waals surface area contributed by atoms with Crippen LogP contribution in [0.25, 0.3) is 6.08 Å². The predicted octanol–water partition coefficient (Wildman–Crippen LogP) is 2.90. The van der Waals surface area contributed by atoms with Gasteiger partial charge < -0.3 is 5.11 Å². The molecule has 3 rings (SSSR count). The van der Waals surface area contributed by atoms with E-state index in [0.29, 0.717) is 10.0 Å². The van der Waals surface area contributed by atoms with Gasteiger partial charge in [-0.2, -0.15) is 0 Å². The first-order valence-corrected chi connectivity index (χ1v) is 7.36. The Bertz CT molecular complexity index is 693. The minimum atomic E-state index is -0.247. The monoisotopic (exact) mass is 303 g/mol. The van der Waals surface area contributed by atoms with Crippen LogP contribution in [0.2, 0.25) is 0 Å². The molecule has 2 N–H and O–H groups in total. The van der Waals surface area contributed by atoms with Gasteiger partial charge >= 0.3 is 0 Å². The molecule has 7 heteroatoms. The highest BCUT2D eigenvalue weighted by Crippen LogP contribution is 2.35.